The Morgan fingerprint density at radius 3 is 2.71 bits per heavy atom. The number of ether oxygens (including phenoxy) is 1. The van der Waals surface area contributed by atoms with Crippen molar-refractivity contribution in [2.45, 2.75) is 26.8 Å². The molecule has 172 valence electrons. The lowest BCUT2D eigenvalue weighted by Gasteiger charge is -2.29. The van der Waals surface area contributed by atoms with Crippen LogP contribution in [0.5, 0.6) is 5.75 Å². The van der Waals surface area contributed by atoms with Gasteiger partial charge in [0.15, 0.2) is 12.4 Å². The van der Waals surface area contributed by atoms with E-state index in [1.807, 2.05) is 43.5 Å². The smallest absolute Gasteiger partial charge is 0.265 e. The summed E-state index contributed by atoms with van der Waals surface area (Å²) in [7, 11) is 0. The van der Waals surface area contributed by atoms with Crippen molar-refractivity contribution in [1.29, 1.82) is 0 Å². The molecule has 1 aliphatic heterocycles. The molecule has 1 amide bonds. The first-order valence-corrected chi connectivity index (χ1v) is 12.0. The van der Waals surface area contributed by atoms with Crippen LogP contribution in [0.15, 0.2) is 59.0 Å². The predicted octanol–water partition coefficient (Wildman–Crippen LogP) is 4.45. The number of thiophene rings is 1. The minimum Gasteiger partial charge on any atom is -0.482 e. The van der Waals surface area contributed by atoms with Gasteiger partial charge in [0.1, 0.15) is 10.6 Å². The number of rotatable bonds is 6. The van der Waals surface area contributed by atoms with Gasteiger partial charge in [-0.1, -0.05) is 36.8 Å². The van der Waals surface area contributed by atoms with Crippen LogP contribution >= 0.6 is 11.3 Å². The molecule has 34 heavy (non-hydrogen) atoms. The standard InChI is InChI=1S/C26H23N3O4S/c1-3-10-29-20-11-18(8-9-22(20)33-13-23(29)31)21(30)12-28-15-27-25-24(26(28)32)19(14-34-25)17-6-4-16(2)5-7-17/h4-9,11,14-15H,3,10,12-13H2,1-2H3. The molecule has 0 saturated heterocycles. The number of anilines is 1. The van der Waals surface area contributed by atoms with Gasteiger partial charge in [-0.3, -0.25) is 19.0 Å². The summed E-state index contributed by atoms with van der Waals surface area (Å²) in [6.07, 6.45) is 2.21. The first-order valence-electron chi connectivity index (χ1n) is 11.1. The highest BCUT2D eigenvalue weighted by Crippen LogP contribution is 2.34. The summed E-state index contributed by atoms with van der Waals surface area (Å²) in [6.45, 7) is 4.40. The van der Waals surface area contributed by atoms with Crippen molar-refractivity contribution < 1.29 is 14.3 Å². The Bertz CT molecular complexity index is 1470. The highest BCUT2D eigenvalue weighted by Gasteiger charge is 2.26. The van der Waals surface area contributed by atoms with Crippen LogP contribution in [0.2, 0.25) is 0 Å². The fraction of sp³-hybridized carbons (Fsp3) is 0.231. The molecule has 0 radical (unpaired) electrons. The van der Waals surface area contributed by atoms with Crippen molar-refractivity contribution in [3.63, 3.8) is 0 Å². The van der Waals surface area contributed by atoms with Crippen molar-refractivity contribution in [2.75, 3.05) is 18.1 Å². The molecule has 8 heteroatoms. The van der Waals surface area contributed by atoms with Crippen LogP contribution in [0.3, 0.4) is 0 Å². The molecule has 2 aromatic heterocycles. The highest BCUT2D eigenvalue weighted by atomic mass is 32.1. The molecule has 2 aromatic carbocycles. The summed E-state index contributed by atoms with van der Waals surface area (Å²) < 4.78 is 6.87. The zero-order valence-electron chi connectivity index (χ0n) is 18.9. The van der Waals surface area contributed by atoms with Gasteiger partial charge in [0.2, 0.25) is 0 Å². The van der Waals surface area contributed by atoms with E-state index in [4.69, 9.17) is 4.74 Å². The summed E-state index contributed by atoms with van der Waals surface area (Å²) in [6, 6.07) is 13.0. The maximum atomic E-state index is 13.3. The van der Waals surface area contributed by atoms with E-state index in [2.05, 4.69) is 4.98 Å². The second kappa shape index (κ2) is 8.87. The van der Waals surface area contributed by atoms with Gasteiger partial charge in [0.25, 0.3) is 11.5 Å². The molecule has 0 atom stereocenters. The molecule has 0 bridgehead atoms. The summed E-state index contributed by atoms with van der Waals surface area (Å²) >= 11 is 1.41. The van der Waals surface area contributed by atoms with Gasteiger partial charge in [-0.25, -0.2) is 4.98 Å². The Morgan fingerprint density at radius 1 is 1.15 bits per heavy atom. The van der Waals surface area contributed by atoms with E-state index in [9.17, 15) is 14.4 Å². The van der Waals surface area contributed by atoms with E-state index >= 15 is 0 Å². The fourth-order valence-corrected chi connectivity index (χ4v) is 5.02. The summed E-state index contributed by atoms with van der Waals surface area (Å²) in [5, 5.41) is 2.45. The van der Waals surface area contributed by atoms with Crippen molar-refractivity contribution in [2.24, 2.45) is 0 Å². The molecule has 4 aromatic rings. The van der Waals surface area contributed by atoms with Gasteiger partial charge in [0.05, 0.1) is 23.9 Å². The van der Waals surface area contributed by atoms with Gasteiger partial charge < -0.3 is 9.64 Å². The van der Waals surface area contributed by atoms with E-state index in [0.717, 1.165) is 23.1 Å². The van der Waals surface area contributed by atoms with Crippen molar-refractivity contribution >= 4 is 38.9 Å². The number of carbonyl (C=O) groups excluding carboxylic acids is 2. The predicted molar refractivity (Wildman–Crippen MR) is 133 cm³/mol. The Kier molecular flexibility index (Phi) is 5.75. The third-order valence-electron chi connectivity index (χ3n) is 5.91. The van der Waals surface area contributed by atoms with Crippen LogP contribution < -0.4 is 15.2 Å². The van der Waals surface area contributed by atoms with E-state index in [1.165, 1.54) is 22.2 Å². The number of amides is 1. The lowest BCUT2D eigenvalue weighted by atomic mass is 10.0. The summed E-state index contributed by atoms with van der Waals surface area (Å²) in [5.74, 6) is 0.199. The van der Waals surface area contributed by atoms with Gasteiger partial charge in [-0.05, 0) is 37.1 Å². The minimum absolute atomic E-state index is 0.00860. The van der Waals surface area contributed by atoms with E-state index in [-0.39, 0.29) is 30.4 Å². The number of benzene rings is 2. The zero-order valence-corrected chi connectivity index (χ0v) is 19.7. The maximum absolute atomic E-state index is 13.3. The number of ketones is 1. The van der Waals surface area contributed by atoms with Gasteiger partial charge in [-0.15, -0.1) is 11.3 Å². The number of carbonyl (C=O) groups is 2. The normalized spacial score (nSPS) is 13.1. The van der Waals surface area contributed by atoms with E-state index < -0.39 is 0 Å². The van der Waals surface area contributed by atoms with E-state index in [1.54, 1.807) is 23.1 Å². The van der Waals surface area contributed by atoms with Gasteiger partial charge in [-0.2, -0.15) is 0 Å². The quantitative estimate of drug-likeness (QED) is 0.387. The molecule has 0 spiro atoms. The highest BCUT2D eigenvalue weighted by molar-refractivity contribution is 7.17. The molecule has 5 rings (SSSR count). The molecule has 0 fully saturated rings. The molecule has 0 saturated carbocycles. The van der Waals surface area contributed by atoms with Crippen LogP contribution in [-0.4, -0.2) is 34.4 Å². The molecule has 0 N–H and O–H groups in total. The van der Waals surface area contributed by atoms with Gasteiger partial charge in [0, 0.05) is 23.1 Å². The average molecular weight is 474 g/mol. The van der Waals surface area contributed by atoms with Crippen LogP contribution in [-0.2, 0) is 11.3 Å². The number of nitrogens with zero attached hydrogens (tertiary/aromatic N) is 3. The lowest BCUT2D eigenvalue weighted by molar-refractivity contribution is -0.121. The maximum Gasteiger partial charge on any atom is 0.265 e. The number of aromatic nitrogens is 2. The number of fused-ring (bicyclic) bond motifs is 2. The second-order valence-electron chi connectivity index (χ2n) is 8.31. The number of hydrogen-bond donors (Lipinski definition) is 0. The average Bonchev–Trinajstić information content (AvgIpc) is 3.28. The molecule has 3 heterocycles. The molecule has 1 aliphatic rings. The van der Waals surface area contributed by atoms with Crippen LogP contribution in [0.25, 0.3) is 21.3 Å². The van der Waals surface area contributed by atoms with Crippen molar-refractivity contribution in [3.05, 3.63) is 75.7 Å². The SMILES string of the molecule is CCCN1C(=O)COc2ccc(C(=O)Cn3cnc4scc(-c5ccc(C)cc5)c4c3=O)cc21. The second-order valence-corrected chi connectivity index (χ2v) is 9.17. The van der Waals surface area contributed by atoms with E-state index in [0.29, 0.717) is 33.8 Å². The van der Waals surface area contributed by atoms with Crippen LogP contribution in [0.4, 0.5) is 5.69 Å². The third-order valence-corrected chi connectivity index (χ3v) is 6.79. The molecular formula is C26H23N3O4S. The topological polar surface area (TPSA) is 81.5 Å². The third kappa shape index (κ3) is 3.90. The molecule has 7 nitrogen and oxygen atoms in total. The fourth-order valence-electron chi connectivity index (χ4n) is 4.12. The monoisotopic (exact) mass is 473 g/mol. The largest absolute Gasteiger partial charge is 0.482 e. The zero-order chi connectivity index (χ0) is 23.8. The number of hydrogen-bond acceptors (Lipinski definition) is 6. The van der Waals surface area contributed by atoms with Crippen LogP contribution in [0.1, 0.15) is 29.3 Å². The van der Waals surface area contributed by atoms with Gasteiger partial charge >= 0.3 is 0 Å². The first-order chi connectivity index (χ1) is 16.5. The van der Waals surface area contributed by atoms with Crippen molar-refractivity contribution in [1.82, 2.24) is 9.55 Å². The number of Topliss-reactive ketones (excluding diaryl/α,β-unsaturated/α-hetero) is 1. The number of aryl methyl sites for hydroxylation is 1. The molecule has 0 unspecified atom stereocenters. The molecular weight excluding hydrogens is 450 g/mol. The van der Waals surface area contributed by atoms with Crippen LogP contribution in [0, 0.1) is 6.92 Å². The summed E-state index contributed by atoms with van der Waals surface area (Å²) in [5.41, 5.74) is 3.64. The Morgan fingerprint density at radius 2 is 1.94 bits per heavy atom. The Balaban J connectivity index is 1.48. The minimum atomic E-state index is -0.251. The first kappa shape index (κ1) is 22.0. The van der Waals surface area contributed by atoms with Crippen molar-refractivity contribution in [3.8, 4) is 16.9 Å². The molecule has 0 aliphatic carbocycles. The summed E-state index contributed by atoms with van der Waals surface area (Å²) in [4.78, 5) is 45.5. The lowest BCUT2D eigenvalue weighted by Crippen LogP contribution is -2.39. The Hall–Kier alpha value is -3.78. The Labute approximate surface area is 200 Å².